The van der Waals surface area contributed by atoms with Crippen LogP contribution in [0.15, 0.2) is 47.5 Å². The molecule has 0 radical (unpaired) electrons. The lowest BCUT2D eigenvalue weighted by Gasteiger charge is -2.04. The standard InChI is InChI=1S/C15H14N2OS/c1-2-12-8-13-14(19-12)16-10-17(15(13)18)9-11-6-4-3-5-7-11/h3-8,10H,2,9H2,1H3. The van der Waals surface area contributed by atoms with Crippen molar-refractivity contribution < 1.29 is 0 Å². The van der Waals surface area contributed by atoms with Gasteiger partial charge in [0, 0.05) is 4.88 Å². The largest absolute Gasteiger partial charge is 0.294 e. The highest BCUT2D eigenvalue weighted by molar-refractivity contribution is 7.18. The third-order valence-electron chi connectivity index (χ3n) is 3.11. The Morgan fingerprint density at radius 2 is 2.05 bits per heavy atom. The third-order valence-corrected chi connectivity index (χ3v) is 4.30. The molecule has 0 aliphatic carbocycles. The van der Waals surface area contributed by atoms with Crippen LogP contribution in [0.3, 0.4) is 0 Å². The van der Waals surface area contributed by atoms with Crippen molar-refractivity contribution in [1.29, 1.82) is 0 Å². The molecule has 0 saturated heterocycles. The number of nitrogens with zero attached hydrogens (tertiary/aromatic N) is 2. The molecule has 96 valence electrons. The third kappa shape index (κ3) is 2.31. The van der Waals surface area contributed by atoms with E-state index in [0.29, 0.717) is 6.54 Å². The quantitative estimate of drug-likeness (QED) is 0.733. The molecular formula is C15H14N2OS. The number of aromatic nitrogens is 2. The van der Waals surface area contributed by atoms with E-state index in [0.717, 1.165) is 22.2 Å². The molecule has 2 aromatic heterocycles. The van der Waals surface area contributed by atoms with E-state index in [-0.39, 0.29) is 5.56 Å². The van der Waals surface area contributed by atoms with E-state index < -0.39 is 0 Å². The first-order chi connectivity index (χ1) is 9.28. The summed E-state index contributed by atoms with van der Waals surface area (Å²) in [6, 6.07) is 11.9. The maximum atomic E-state index is 12.4. The Morgan fingerprint density at radius 3 is 2.79 bits per heavy atom. The predicted octanol–water partition coefficient (Wildman–Crippen LogP) is 3.07. The van der Waals surface area contributed by atoms with Crippen molar-refractivity contribution in [1.82, 2.24) is 9.55 Å². The van der Waals surface area contributed by atoms with Crippen LogP contribution >= 0.6 is 11.3 Å². The van der Waals surface area contributed by atoms with Gasteiger partial charge in [-0.05, 0) is 18.1 Å². The van der Waals surface area contributed by atoms with Crippen molar-refractivity contribution in [2.24, 2.45) is 0 Å². The second-order valence-corrected chi connectivity index (χ2v) is 5.56. The van der Waals surface area contributed by atoms with Gasteiger partial charge in [-0.3, -0.25) is 9.36 Å². The summed E-state index contributed by atoms with van der Waals surface area (Å²) in [7, 11) is 0. The summed E-state index contributed by atoms with van der Waals surface area (Å²) in [6.45, 7) is 2.66. The molecule has 1 aromatic carbocycles. The second kappa shape index (κ2) is 4.97. The Kier molecular flexibility index (Phi) is 3.17. The summed E-state index contributed by atoms with van der Waals surface area (Å²) in [5, 5.41) is 0.736. The van der Waals surface area contributed by atoms with E-state index in [1.54, 1.807) is 22.2 Å². The van der Waals surface area contributed by atoms with E-state index in [1.807, 2.05) is 36.4 Å². The molecule has 0 bridgehead atoms. The highest BCUT2D eigenvalue weighted by Crippen LogP contribution is 2.21. The average molecular weight is 270 g/mol. The van der Waals surface area contributed by atoms with Crippen LogP contribution in [-0.2, 0) is 13.0 Å². The Balaban J connectivity index is 2.05. The van der Waals surface area contributed by atoms with Crippen LogP contribution in [0.2, 0.25) is 0 Å². The van der Waals surface area contributed by atoms with E-state index >= 15 is 0 Å². The molecular weight excluding hydrogens is 256 g/mol. The minimum Gasteiger partial charge on any atom is -0.294 e. The Morgan fingerprint density at radius 1 is 1.26 bits per heavy atom. The number of benzene rings is 1. The first-order valence-electron chi connectivity index (χ1n) is 6.29. The maximum absolute atomic E-state index is 12.4. The summed E-state index contributed by atoms with van der Waals surface area (Å²) in [4.78, 5) is 18.8. The molecule has 0 aliphatic rings. The van der Waals surface area contributed by atoms with E-state index in [1.165, 1.54) is 4.88 Å². The van der Waals surface area contributed by atoms with Gasteiger partial charge in [0.15, 0.2) is 0 Å². The van der Waals surface area contributed by atoms with Crippen LogP contribution in [0.1, 0.15) is 17.4 Å². The number of rotatable bonds is 3. The Labute approximate surface area is 115 Å². The average Bonchev–Trinajstić information content (AvgIpc) is 2.87. The van der Waals surface area contributed by atoms with Gasteiger partial charge in [0.2, 0.25) is 0 Å². The van der Waals surface area contributed by atoms with Crippen LogP contribution in [0, 0.1) is 0 Å². The monoisotopic (exact) mass is 270 g/mol. The van der Waals surface area contributed by atoms with Gasteiger partial charge in [0.05, 0.1) is 18.3 Å². The normalized spacial score (nSPS) is 11.0. The lowest BCUT2D eigenvalue weighted by molar-refractivity contribution is 0.749. The van der Waals surface area contributed by atoms with Crippen LogP contribution in [0.5, 0.6) is 0 Å². The molecule has 0 amide bonds. The molecule has 0 aliphatic heterocycles. The second-order valence-electron chi connectivity index (χ2n) is 4.45. The van der Waals surface area contributed by atoms with Crippen LogP contribution in [0.4, 0.5) is 0 Å². The molecule has 0 saturated carbocycles. The molecule has 0 N–H and O–H groups in total. The maximum Gasteiger partial charge on any atom is 0.262 e. The molecule has 3 rings (SSSR count). The summed E-state index contributed by atoms with van der Waals surface area (Å²) >= 11 is 1.60. The van der Waals surface area contributed by atoms with Crippen molar-refractivity contribution in [2.75, 3.05) is 0 Å². The molecule has 2 heterocycles. The van der Waals surface area contributed by atoms with Gasteiger partial charge in [-0.15, -0.1) is 11.3 Å². The van der Waals surface area contributed by atoms with Gasteiger partial charge in [0.25, 0.3) is 5.56 Å². The molecule has 4 heteroatoms. The molecule has 0 spiro atoms. The van der Waals surface area contributed by atoms with Crippen LogP contribution < -0.4 is 5.56 Å². The number of hydrogen-bond acceptors (Lipinski definition) is 3. The fraction of sp³-hybridized carbons (Fsp3) is 0.200. The lowest BCUT2D eigenvalue weighted by atomic mass is 10.2. The van der Waals surface area contributed by atoms with Gasteiger partial charge < -0.3 is 0 Å². The molecule has 0 unspecified atom stereocenters. The van der Waals surface area contributed by atoms with Gasteiger partial charge in [-0.2, -0.15) is 0 Å². The summed E-state index contributed by atoms with van der Waals surface area (Å²) < 4.78 is 1.67. The van der Waals surface area contributed by atoms with Crippen molar-refractivity contribution in [3.8, 4) is 0 Å². The van der Waals surface area contributed by atoms with Crippen molar-refractivity contribution >= 4 is 21.6 Å². The number of thiophene rings is 1. The number of aryl methyl sites for hydroxylation is 1. The Hall–Kier alpha value is -1.94. The summed E-state index contributed by atoms with van der Waals surface area (Å²) in [6.07, 6.45) is 2.59. The zero-order valence-electron chi connectivity index (χ0n) is 10.7. The molecule has 0 fully saturated rings. The predicted molar refractivity (Wildman–Crippen MR) is 78.8 cm³/mol. The van der Waals surface area contributed by atoms with E-state index in [4.69, 9.17) is 0 Å². The zero-order valence-corrected chi connectivity index (χ0v) is 11.5. The molecule has 19 heavy (non-hydrogen) atoms. The highest BCUT2D eigenvalue weighted by Gasteiger charge is 2.08. The highest BCUT2D eigenvalue weighted by atomic mass is 32.1. The van der Waals surface area contributed by atoms with Crippen molar-refractivity contribution in [2.45, 2.75) is 19.9 Å². The van der Waals surface area contributed by atoms with Crippen molar-refractivity contribution in [3.63, 3.8) is 0 Å². The first-order valence-corrected chi connectivity index (χ1v) is 7.11. The molecule has 3 aromatic rings. The fourth-order valence-corrected chi connectivity index (χ4v) is 3.00. The van der Waals surface area contributed by atoms with Crippen molar-refractivity contribution in [3.05, 3.63) is 63.5 Å². The van der Waals surface area contributed by atoms with Gasteiger partial charge >= 0.3 is 0 Å². The summed E-state index contributed by atoms with van der Waals surface area (Å²) in [5.74, 6) is 0. The SMILES string of the molecule is CCc1cc2c(=O)n(Cc3ccccc3)cnc2s1. The molecule has 3 nitrogen and oxygen atoms in total. The fourth-order valence-electron chi connectivity index (χ4n) is 2.08. The first kappa shape index (κ1) is 12.1. The number of hydrogen-bond donors (Lipinski definition) is 0. The summed E-state index contributed by atoms with van der Waals surface area (Å²) in [5.41, 5.74) is 1.15. The lowest BCUT2D eigenvalue weighted by Crippen LogP contribution is -2.20. The van der Waals surface area contributed by atoms with Gasteiger partial charge in [0.1, 0.15) is 4.83 Å². The van der Waals surface area contributed by atoms with E-state index in [9.17, 15) is 4.79 Å². The topological polar surface area (TPSA) is 34.9 Å². The Bertz CT molecular complexity index is 759. The van der Waals surface area contributed by atoms with Crippen LogP contribution in [0.25, 0.3) is 10.2 Å². The minimum atomic E-state index is 0.0461. The van der Waals surface area contributed by atoms with Crippen LogP contribution in [-0.4, -0.2) is 9.55 Å². The number of fused-ring (bicyclic) bond motifs is 1. The minimum absolute atomic E-state index is 0.0461. The van der Waals surface area contributed by atoms with E-state index in [2.05, 4.69) is 11.9 Å². The smallest absolute Gasteiger partial charge is 0.262 e. The zero-order chi connectivity index (χ0) is 13.2. The molecule has 0 atom stereocenters. The van der Waals surface area contributed by atoms with Gasteiger partial charge in [-0.1, -0.05) is 37.3 Å². The van der Waals surface area contributed by atoms with Gasteiger partial charge in [-0.25, -0.2) is 4.98 Å².